The minimum absolute atomic E-state index is 0.0480. The minimum atomic E-state index is -0.445. The first kappa shape index (κ1) is 12.8. The lowest BCUT2D eigenvalue weighted by atomic mass is 9.75. The van der Waals surface area contributed by atoms with Gasteiger partial charge < -0.3 is 4.74 Å². The smallest absolute Gasteiger partial charge is 0.359 e. The summed E-state index contributed by atoms with van der Waals surface area (Å²) in [6.45, 7) is 6.11. The highest BCUT2D eigenvalue weighted by Gasteiger charge is 2.37. The van der Waals surface area contributed by atoms with Gasteiger partial charge in [-0.25, -0.2) is 4.79 Å². The molecule has 0 unspecified atom stereocenters. The van der Waals surface area contributed by atoms with Crippen LogP contribution in [-0.4, -0.2) is 28.1 Å². The van der Waals surface area contributed by atoms with E-state index < -0.39 is 5.97 Å². The summed E-state index contributed by atoms with van der Waals surface area (Å²) in [4.78, 5) is 23.9. The highest BCUT2D eigenvalue weighted by atomic mass is 16.5. The maximum absolute atomic E-state index is 12.1. The van der Waals surface area contributed by atoms with Gasteiger partial charge in [-0.1, -0.05) is 13.8 Å². The van der Waals surface area contributed by atoms with Crippen molar-refractivity contribution < 1.29 is 14.3 Å². The fourth-order valence-electron chi connectivity index (χ4n) is 2.51. The first-order valence-electron chi connectivity index (χ1n) is 6.12. The molecule has 5 heteroatoms. The predicted molar refractivity (Wildman–Crippen MR) is 65.6 cm³/mol. The quantitative estimate of drug-likeness (QED) is 0.750. The third kappa shape index (κ3) is 2.05. The number of esters is 1. The molecule has 0 bridgehead atoms. The zero-order valence-corrected chi connectivity index (χ0v) is 11.2. The van der Waals surface area contributed by atoms with E-state index in [2.05, 4.69) is 5.10 Å². The lowest BCUT2D eigenvalue weighted by Gasteiger charge is -2.28. The third-order valence-corrected chi connectivity index (χ3v) is 3.17. The molecular weight excluding hydrogens is 232 g/mol. The second kappa shape index (κ2) is 4.23. The summed E-state index contributed by atoms with van der Waals surface area (Å²) in [6, 6.07) is 0. The first-order chi connectivity index (χ1) is 8.35. The van der Waals surface area contributed by atoms with Gasteiger partial charge in [0.1, 0.15) is 5.69 Å². The molecule has 5 nitrogen and oxygen atoms in total. The monoisotopic (exact) mass is 250 g/mol. The molecule has 1 aliphatic rings. The van der Waals surface area contributed by atoms with Crippen LogP contribution in [0.2, 0.25) is 0 Å². The Kier molecular flexibility index (Phi) is 3.00. The number of ether oxygens (including phenoxy) is 1. The molecule has 0 radical (unpaired) electrons. The van der Waals surface area contributed by atoms with E-state index in [9.17, 15) is 9.59 Å². The van der Waals surface area contributed by atoms with Crippen molar-refractivity contribution in [2.24, 2.45) is 12.5 Å². The summed E-state index contributed by atoms with van der Waals surface area (Å²) in [5.74, 6) is -0.397. The van der Waals surface area contributed by atoms with E-state index in [0.717, 1.165) is 5.56 Å². The molecule has 0 atom stereocenters. The predicted octanol–water partition coefficient (Wildman–Crippen LogP) is 1.75. The summed E-state index contributed by atoms with van der Waals surface area (Å²) in [5.41, 5.74) is 1.44. The van der Waals surface area contributed by atoms with E-state index in [1.807, 2.05) is 13.8 Å². The Labute approximate surface area is 106 Å². The summed E-state index contributed by atoms with van der Waals surface area (Å²) < 4.78 is 6.48. The Balaban J connectivity index is 2.50. The highest BCUT2D eigenvalue weighted by molar-refractivity contribution is 6.01. The molecule has 0 spiro atoms. The largest absolute Gasteiger partial charge is 0.461 e. The Morgan fingerprint density at radius 1 is 1.44 bits per heavy atom. The molecule has 0 aromatic carbocycles. The van der Waals surface area contributed by atoms with Crippen molar-refractivity contribution in [3.05, 3.63) is 17.0 Å². The van der Waals surface area contributed by atoms with Crippen LogP contribution in [0, 0.1) is 5.41 Å². The van der Waals surface area contributed by atoms with Crippen LogP contribution in [0.25, 0.3) is 0 Å². The van der Waals surface area contributed by atoms with Crippen LogP contribution in [0.15, 0.2) is 0 Å². The van der Waals surface area contributed by atoms with E-state index >= 15 is 0 Å². The summed E-state index contributed by atoms with van der Waals surface area (Å²) >= 11 is 0. The number of Topliss-reactive ketones (excluding diaryl/α,β-unsaturated/α-hetero) is 1. The molecule has 98 valence electrons. The number of aryl methyl sites for hydroxylation is 1. The normalized spacial score (nSPS) is 17.4. The van der Waals surface area contributed by atoms with Crippen LogP contribution in [0.5, 0.6) is 0 Å². The average molecular weight is 250 g/mol. The molecular formula is C13H18N2O3. The van der Waals surface area contributed by atoms with Gasteiger partial charge in [-0.15, -0.1) is 0 Å². The minimum Gasteiger partial charge on any atom is -0.461 e. The van der Waals surface area contributed by atoms with Crippen LogP contribution in [0.1, 0.15) is 53.7 Å². The van der Waals surface area contributed by atoms with Crippen molar-refractivity contribution in [2.75, 3.05) is 6.61 Å². The number of nitrogens with zero attached hydrogens (tertiary/aromatic N) is 2. The van der Waals surface area contributed by atoms with E-state index in [1.165, 1.54) is 4.68 Å². The van der Waals surface area contributed by atoms with Crippen LogP contribution >= 0.6 is 0 Å². The van der Waals surface area contributed by atoms with Gasteiger partial charge in [0.05, 0.1) is 6.61 Å². The molecule has 0 saturated carbocycles. The number of rotatable bonds is 2. The number of carbonyl (C=O) groups is 2. The third-order valence-electron chi connectivity index (χ3n) is 3.17. The Morgan fingerprint density at radius 3 is 2.72 bits per heavy atom. The maximum Gasteiger partial charge on any atom is 0.359 e. The van der Waals surface area contributed by atoms with Crippen molar-refractivity contribution >= 4 is 11.8 Å². The zero-order chi connectivity index (χ0) is 13.5. The summed E-state index contributed by atoms with van der Waals surface area (Å²) in [7, 11) is 1.69. The molecule has 1 heterocycles. The average Bonchev–Trinajstić information content (AvgIpc) is 2.54. The Bertz CT molecular complexity index is 515. The van der Waals surface area contributed by atoms with E-state index in [0.29, 0.717) is 25.1 Å². The second-order valence-electron chi connectivity index (χ2n) is 5.46. The lowest BCUT2D eigenvalue weighted by Crippen LogP contribution is -2.28. The lowest BCUT2D eigenvalue weighted by molar-refractivity contribution is 0.0517. The number of aromatic nitrogens is 2. The maximum atomic E-state index is 12.1. The van der Waals surface area contributed by atoms with Crippen molar-refractivity contribution in [2.45, 2.75) is 33.6 Å². The molecule has 1 aromatic heterocycles. The van der Waals surface area contributed by atoms with Gasteiger partial charge >= 0.3 is 5.97 Å². The van der Waals surface area contributed by atoms with Crippen LogP contribution in [0.3, 0.4) is 0 Å². The zero-order valence-electron chi connectivity index (χ0n) is 11.2. The van der Waals surface area contributed by atoms with E-state index in [4.69, 9.17) is 4.74 Å². The first-order valence-corrected chi connectivity index (χ1v) is 6.12. The van der Waals surface area contributed by atoms with Crippen molar-refractivity contribution in [1.82, 2.24) is 9.78 Å². The number of hydrogen-bond donors (Lipinski definition) is 0. The van der Waals surface area contributed by atoms with Crippen molar-refractivity contribution in [3.8, 4) is 0 Å². The second-order valence-corrected chi connectivity index (χ2v) is 5.46. The van der Waals surface area contributed by atoms with Crippen molar-refractivity contribution in [3.63, 3.8) is 0 Å². The van der Waals surface area contributed by atoms with Crippen LogP contribution in [0.4, 0.5) is 0 Å². The SMILES string of the molecule is CCOC(=O)c1nn(C)c2c1CC(C)(C)CC2=O. The summed E-state index contributed by atoms with van der Waals surface area (Å²) in [5, 5.41) is 4.15. The Morgan fingerprint density at radius 2 is 2.11 bits per heavy atom. The van der Waals surface area contributed by atoms with Gasteiger partial charge in [0.25, 0.3) is 0 Å². The number of carbonyl (C=O) groups excluding carboxylic acids is 2. The number of hydrogen-bond acceptors (Lipinski definition) is 4. The van der Waals surface area contributed by atoms with Gasteiger partial charge in [0.15, 0.2) is 11.5 Å². The molecule has 0 amide bonds. The standard InChI is InChI=1S/C13H18N2O3/c1-5-18-12(17)10-8-6-13(2,3)7-9(16)11(8)15(4)14-10/h5-7H2,1-4H3. The fourth-order valence-corrected chi connectivity index (χ4v) is 2.51. The topological polar surface area (TPSA) is 61.2 Å². The molecule has 0 N–H and O–H groups in total. The fraction of sp³-hybridized carbons (Fsp3) is 0.615. The van der Waals surface area contributed by atoms with Gasteiger partial charge in [0.2, 0.25) is 0 Å². The Hall–Kier alpha value is -1.65. The van der Waals surface area contributed by atoms with Crippen LogP contribution in [-0.2, 0) is 18.2 Å². The molecule has 2 rings (SSSR count). The van der Waals surface area contributed by atoms with E-state index in [-0.39, 0.29) is 16.9 Å². The molecule has 0 fully saturated rings. The molecule has 1 aliphatic carbocycles. The van der Waals surface area contributed by atoms with E-state index in [1.54, 1.807) is 14.0 Å². The van der Waals surface area contributed by atoms with Gasteiger partial charge in [-0.05, 0) is 18.8 Å². The van der Waals surface area contributed by atoms with Crippen molar-refractivity contribution in [1.29, 1.82) is 0 Å². The van der Waals surface area contributed by atoms with Crippen LogP contribution < -0.4 is 0 Å². The molecule has 0 saturated heterocycles. The molecule has 0 aliphatic heterocycles. The van der Waals surface area contributed by atoms with Gasteiger partial charge in [-0.2, -0.15) is 5.10 Å². The molecule has 18 heavy (non-hydrogen) atoms. The number of ketones is 1. The molecule has 1 aromatic rings. The number of fused-ring (bicyclic) bond motifs is 1. The highest BCUT2D eigenvalue weighted by Crippen LogP contribution is 2.36. The summed E-state index contributed by atoms with van der Waals surface area (Å²) in [6.07, 6.45) is 1.16. The van der Waals surface area contributed by atoms with Gasteiger partial charge in [-0.3, -0.25) is 9.48 Å². The van der Waals surface area contributed by atoms with Gasteiger partial charge in [0, 0.05) is 19.0 Å².